The van der Waals surface area contributed by atoms with Crippen LogP contribution in [-0.4, -0.2) is 6.54 Å². The molecule has 0 radical (unpaired) electrons. The quantitative estimate of drug-likeness (QED) is 0.589. The molecule has 1 aromatic rings. The Morgan fingerprint density at radius 2 is 2.00 bits per heavy atom. The summed E-state index contributed by atoms with van der Waals surface area (Å²) in [7, 11) is 0. The monoisotopic (exact) mass is 355 g/mol. The van der Waals surface area contributed by atoms with E-state index in [9.17, 15) is 0 Å². The molecule has 0 heterocycles. The highest BCUT2D eigenvalue weighted by Crippen LogP contribution is 2.20. The Labute approximate surface area is 124 Å². The number of hydrogen-bond acceptors (Lipinski definition) is 1. The molecule has 0 saturated carbocycles. The van der Waals surface area contributed by atoms with Gasteiger partial charge >= 0.3 is 0 Å². The fourth-order valence-electron chi connectivity index (χ4n) is 2.45. The molecule has 1 nitrogen and oxygen atoms in total. The van der Waals surface area contributed by atoms with Gasteiger partial charge in [0.05, 0.1) is 0 Å². The van der Waals surface area contributed by atoms with E-state index in [-0.39, 0.29) is 0 Å². The lowest BCUT2D eigenvalue weighted by Crippen LogP contribution is -2.20. The summed E-state index contributed by atoms with van der Waals surface area (Å²) in [4.78, 5) is 0. The third-order valence-electron chi connectivity index (χ3n) is 3.65. The molecule has 0 saturated heterocycles. The molecular weight excluding hydrogens is 333 g/mol. The van der Waals surface area contributed by atoms with Gasteiger partial charge in [-0.15, -0.1) is 0 Å². The summed E-state index contributed by atoms with van der Waals surface area (Å²) in [6.07, 6.45) is 9.05. The molecule has 1 atom stereocenters. The Kier molecular flexibility index (Phi) is 5.70. The maximum atomic E-state index is 3.62. The Balaban J connectivity index is 1.76. The van der Waals surface area contributed by atoms with Crippen molar-refractivity contribution in [1.29, 1.82) is 0 Å². The number of halogens is 1. The normalized spacial score (nSPS) is 17.3. The van der Waals surface area contributed by atoms with E-state index in [0.29, 0.717) is 6.04 Å². The average molecular weight is 355 g/mol. The first-order valence-electron chi connectivity index (χ1n) is 6.92. The highest BCUT2D eigenvalue weighted by atomic mass is 127. The summed E-state index contributed by atoms with van der Waals surface area (Å²) in [6.45, 7) is 3.34. The lowest BCUT2D eigenvalue weighted by Gasteiger charge is -2.17. The Morgan fingerprint density at radius 3 is 2.67 bits per heavy atom. The predicted octanol–water partition coefficient (Wildman–Crippen LogP) is 4.83. The van der Waals surface area contributed by atoms with E-state index in [0.717, 1.165) is 6.54 Å². The molecule has 2 rings (SSSR count). The molecule has 1 unspecified atom stereocenters. The number of benzene rings is 1. The van der Waals surface area contributed by atoms with Crippen LogP contribution in [0.5, 0.6) is 0 Å². The fourth-order valence-corrected chi connectivity index (χ4v) is 2.81. The third kappa shape index (κ3) is 4.39. The van der Waals surface area contributed by atoms with Crippen LogP contribution in [0.2, 0.25) is 0 Å². The van der Waals surface area contributed by atoms with E-state index in [2.05, 4.69) is 65.2 Å². The van der Waals surface area contributed by atoms with Crippen LogP contribution in [0.4, 0.5) is 0 Å². The Hall–Kier alpha value is -0.350. The Morgan fingerprint density at radius 1 is 1.22 bits per heavy atom. The van der Waals surface area contributed by atoms with E-state index < -0.39 is 0 Å². The summed E-state index contributed by atoms with van der Waals surface area (Å²) < 4.78 is 1.30. The zero-order chi connectivity index (χ0) is 12.8. The van der Waals surface area contributed by atoms with Crippen molar-refractivity contribution in [3.8, 4) is 0 Å². The first kappa shape index (κ1) is 14.1. The maximum Gasteiger partial charge on any atom is 0.0291 e. The highest BCUT2D eigenvalue weighted by Gasteiger charge is 2.06. The van der Waals surface area contributed by atoms with Gasteiger partial charge in [-0.2, -0.15) is 0 Å². The summed E-state index contributed by atoms with van der Waals surface area (Å²) in [5, 5.41) is 3.62. The van der Waals surface area contributed by atoms with Crippen molar-refractivity contribution >= 4 is 22.6 Å². The molecule has 0 amide bonds. The fraction of sp³-hybridized carbons (Fsp3) is 0.500. The minimum Gasteiger partial charge on any atom is -0.310 e. The van der Waals surface area contributed by atoms with Crippen LogP contribution in [-0.2, 0) is 0 Å². The zero-order valence-corrected chi connectivity index (χ0v) is 13.2. The van der Waals surface area contributed by atoms with Crippen molar-refractivity contribution in [2.45, 2.75) is 45.1 Å². The van der Waals surface area contributed by atoms with Crippen LogP contribution >= 0.6 is 22.6 Å². The lowest BCUT2D eigenvalue weighted by molar-refractivity contribution is 0.562. The number of hydrogen-bond donors (Lipinski definition) is 1. The average Bonchev–Trinajstić information content (AvgIpc) is 2.40. The standard InChI is InChI=1S/C16H22IN/c1-13(15-7-9-16(17)10-8-15)18-12-11-14-5-3-2-4-6-14/h5,7-10,13,18H,2-4,6,11-12H2,1H3. The first-order chi connectivity index (χ1) is 8.75. The molecule has 18 heavy (non-hydrogen) atoms. The summed E-state index contributed by atoms with van der Waals surface area (Å²) in [6, 6.07) is 9.25. The molecule has 2 heteroatoms. The topological polar surface area (TPSA) is 12.0 Å². The van der Waals surface area contributed by atoms with Crippen LogP contribution < -0.4 is 5.32 Å². The maximum absolute atomic E-state index is 3.62. The molecule has 98 valence electrons. The van der Waals surface area contributed by atoms with Crippen molar-refractivity contribution in [2.75, 3.05) is 6.54 Å². The SMILES string of the molecule is CC(NCCC1=CCCCC1)c1ccc(I)cc1. The van der Waals surface area contributed by atoms with Gasteiger partial charge in [-0.1, -0.05) is 23.8 Å². The van der Waals surface area contributed by atoms with Gasteiger partial charge in [-0.25, -0.2) is 0 Å². The van der Waals surface area contributed by atoms with Gasteiger partial charge in [-0.05, 0) is 85.9 Å². The second-order valence-corrected chi connectivity index (χ2v) is 6.33. The molecule has 1 aliphatic carbocycles. The van der Waals surface area contributed by atoms with Crippen LogP contribution in [0.25, 0.3) is 0 Å². The van der Waals surface area contributed by atoms with E-state index >= 15 is 0 Å². The van der Waals surface area contributed by atoms with Gasteiger partial charge in [0.1, 0.15) is 0 Å². The molecule has 1 aromatic carbocycles. The number of nitrogens with one attached hydrogen (secondary N) is 1. The number of allylic oxidation sites excluding steroid dienone is 1. The van der Waals surface area contributed by atoms with Crippen molar-refractivity contribution < 1.29 is 0 Å². The molecule has 0 bridgehead atoms. The summed E-state index contributed by atoms with van der Waals surface area (Å²) >= 11 is 2.35. The van der Waals surface area contributed by atoms with Gasteiger partial charge in [0.15, 0.2) is 0 Å². The van der Waals surface area contributed by atoms with Crippen molar-refractivity contribution in [2.24, 2.45) is 0 Å². The van der Waals surface area contributed by atoms with Gasteiger partial charge in [0, 0.05) is 9.61 Å². The third-order valence-corrected chi connectivity index (χ3v) is 4.37. The summed E-state index contributed by atoms with van der Waals surface area (Å²) in [5.74, 6) is 0. The molecule has 0 aromatic heterocycles. The molecule has 0 spiro atoms. The lowest BCUT2D eigenvalue weighted by atomic mass is 9.97. The number of rotatable bonds is 5. The first-order valence-corrected chi connectivity index (χ1v) is 8.00. The van der Waals surface area contributed by atoms with Gasteiger partial charge < -0.3 is 5.32 Å². The van der Waals surface area contributed by atoms with E-state index in [1.54, 1.807) is 5.57 Å². The molecule has 0 fully saturated rings. The van der Waals surface area contributed by atoms with Crippen molar-refractivity contribution in [3.05, 3.63) is 45.0 Å². The molecule has 0 aliphatic heterocycles. The predicted molar refractivity (Wildman–Crippen MR) is 86.7 cm³/mol. The van der Waals surface area contributed by atoms with Crippen LogP contribution in [0.3, 0.4) is 0 Å². The van der Waals surface area contributed by atoms with Crippen LogP contribution in [0, 0.1) is 3.57 Å². The second-order valence-electron chi connectivity index (χ2n) is 5.09. The summed E-state index contributed by atoms with van der Waals surface area (Å²) in [5.41, 5.74) is 3.04. The smallest absolute Gasteiger partial charge is 0.0291 e. The van der Waals surface area contributed by atoms with Crippen LogP contribution in [0.1, 0.15) is 50.6 Å². The zero-order valence-electron chi connectivity index (χ0n) is 11.1. The van der Waals surface area contributed by atoms with Crippen LogP contribution in [0.15, 0.2) is 35.9 Å². The minimum absolute atomic E-state index is 0.450. The largest absolute Gasteiger partial charge is 0.310 e. The van der Waals surface area contributed by atoms with Crippen molar-refractivity contribution in [1.82, 2.24) is 5.32 Å². The van der Waals surface area contributed by atoms with E-state index in [4.69, 9.17) is 0 Å². The van der Waals surface area contributed by atoms with Crippen molar-refractivity contribution in [3.63, 3.8) is 0 Å². The molecular formula is C16H22IN. The minimum atomic E-state index is 0.450. The Bertz CT molecular complexity index is 394. The van der Waals surface area contributed by atoms with Gasteiger partial charge in [0.25, 0.3) is 0 Å². The second kappa shape index (κ2) is 7.29. The molecule has 1 aliphatic rings. The van der Waals surface area contributed by atoms with E-state index in [1.807, 2.05) is 0 Å². The molecule has 1 N–H and O–H groups in total. The van der Waals surface area contributed by atoms with Gasteiger partial charge in [-0.3, -0.25) is 0 Å². The highest BCUT2D eigenvalue weighted by molar-refractivity contribution is 14.1. The van der Waals surface area contributed by atoms with Gasteiger partial charge in [0.2, 0.25) is 0 Å². The van der Waals surface area contributed by atoms with E-state index in [1.165, 1.54) is 41.2 Å².